The van der Waals surface area contributed by atoms with Gasteiger partial charge in [0.1, 0.15) is 0 Å². The molecule has 0 aliphatic carbocycles. The molecule has 0 spiro atoms. The monoisotopic (exact) mass is 239 g/mol. The maximum Gasteiger partial charge on any atom is 0.180 e. The molecular formula is C5H6BrNOS2. The standard InChI is InChI=1S/C5H6BrNOS2/c1-10(8)5-7-3-4(2-6)9-5/h3H,2H2,1H3. The summed E-state index contributed by atoms with van der Waals surface area (Å²) in [6, 6.07) is 0. The van der Waals surface area contributed by atoms with Crippen LogP contribution < -0.4 is 0 Å². The third kappa shape index (κ3) is 1.87. The van der Waals surface area contributed by atoms with Crippen LogP contribution in [0.1, 0.15) is 4.88 Å². The fourth-order valence-electron chi connectivity index (χ4n) is 0.484. The molecule has 0 aliphatic heterocycles. The van der Waals surface area contributed by atoms with Gasteiger partial charge in [-0.1, -0.05) is 15.9 Å². The molecule has 0 amide bonds. The highest BCUT2D eigenvalue weighted by atomic mass is 79.9. The van der Waals surface area contributed by atoms with E-state index in [1.165, 1.54) is 11.3 Å². The fraction of sp³-hybridized carbons (Fsp3) is 0.400. The predicted molar refractivity (Wildman–Crippen MR) is 47.1 cm³/mol. The van der Waals surface area contributed by atoms with Crippen LogP contribution in [0, 0.1) is 0 Å². The van der Waals surface area contributed by atoms with Gasteiger partial charge in [-0.15, -0.1) is 11.3 Å². The van der Waals surface area contributed by atoms with E-state index in [0.29, 0.717) is 4.34 Å². The van der Waals surface area contributed by atoms with Crippen LogP contribution in [0.15, 0.2) is 10.5 Å². The van der Waals surface area contributed by atoms with E-state index in [2.05, 4.69) is 20.9 Å². The Morgan fingerprint density at radius 1 is 1.90 bits per heavy atom. The summed E-state index contributed by atoms with van der Waals surface area (Å²) in [5, 5.41) is 0.794. The molecule has 1 unspecified atom stereocenters. The summed E-state index contributed by atoms with van der Waals surface area (Å²) in [6.45, 7) is 0. The van der Waals surface area contributed by atoms with Crippen LogP contribution in [-0.2, 0) is 16.1 Å². The first-order valence-electron chi connectivity index (χ1n) is 2.58. The molecule has 0 aromatic carbocycles. The Morgan fingerprint density at radius 3 is 2.90 bits per heavy atom. The molecule has 0 aliphatic rings. The Kier molecular flexibility index (Phi) is 3.00. The van der Waals surface area contributed by atoms with Crippen molar-refractivity contribution in [1.82, 2.24) is 4.98 Å². The summed E-state index contributed by atoms with van der Waals surface area (Å²) in [7, 11) is -0.923. The van der Waals surface area contributed by atoms with Crippen LogP contribution in [0.2, 0.25) is 0 Å². The van der Waals surface area contributed by atoms with Crippen LogP contribution in [0.5, 0.6) is 0 Å². The largest absolute Gasteiger partial charge is 0.252 e. The minimum absolute atomic E-state index is 0.703. The van der Waals surface area contributed by atoms with Gasteiger partial charge in [-0.05, 0) is 0 Å². The zero-order valence-electron chi connectivity index (χ0n) is 5.33. The smallest absolute Gasteiger partial charge is 0.180 e. The van der Waals surface area contributed by atoms with E-state index in [9.17, 15) is 4.21 Å². The van der Waals surface area contributed by atoms with Crippen molar-refractivity contribution >= 4 is 38.1 Å². The molecule has 0 N–H and O–H groups in total. The molecule has 1 atom stereocenters. The van der Waals surface area contributed by atoms with Crippen molar-refractivity contribution < 1.29 is 4.21 Å². The molecular weight excluding hydrogens is 234 g/mol. The maximum atomic E-state index is 10.8. The van der Waals surface area contributed by atoms with Gasteiger partial charge in [-0.25, -0.2) is 4.98 Å². The van der Waals surface area contributed by atoms with Crippen molar-refractivity contribution in [2.24, 2.45) is 0 Å². The van der Waals surface area contributed by atoms with Gasteiger partial charge in [0.2, 0.25) is 0 Å². The summed E-state index contributed by atoms with van der Waals surface area (Å²) in [6.07, 6.45) is 3.38. The first kappa shape index (κ1) is 8.36. The van der Waals surface area contributed by atoms with Crippen molar-refractivity contribution in [3.05, 3.63) is 11.1 Å². The fourth-order valence-corrected chi connectivity index (χ4v) is 2.45. The first-order chi connectivity index (χ1) is 4.74. The second kappa shape index (κ2) is 3.59. The summed E-state index contributed by atoms with van der Waals surface area (Å²) in [5.74, 6) is 0. The summed E-state index contributed by atoms with van der Waals surface area (Å²) in [5.41, 5.74) is 0. The van der Waals surface area contributed by atoms with Crippen molar-refractivity contribution in [3.8, 4) is 0 Å². The van der Waals surface area contributed by atoms with E-state index in [1.807, 2.05) is 0 Å². The Balaban J connectivity index is 2.88. The Labute approximate surface area is 74.3 Å². The highest BCUT2D eigenvalue weighted by Crippen LogP contribution is 2.17. The minimum Gasteiger partial charge on any atom is -0.252 e. The van der Waals surface area contributed by atoms with Crippen molar-refractivity contribution in [2.75, 3.05) is 6.26 Å². The van der Waals surface area contributed by atoms with Crippen molar-refractivity contribution in [3.63, 3.8) is 0 Å². The number of halogens is 1. The van der Waals surface area contributed by atoms with E-state index in [4.69, 9.17) is 0 Å². The average Bonchev–Trinajstić information content (AvgIpc) is 2.34. The molecule has 0 saturated carbocycles. The van der Waals surface area contributed by atoms with Gasteiger partial charge in [0.15, 0.2) is 4.34 Å². The van der Waals surface area contributed by atoms with Gasteiger partial charge in [0.05, 0.1) is 10.8 Å². The number of aromatic nitrogens is 1. The summed E-state index contributed by atoms with van der Waals surface area (Å²) >= 11 is 4.77. The highest BCUT2D eigenvalue weighted by Gasteiger charge is 2.02. The number of hydrogen-bond donors (Lipinski definition) is 0. The molecule has 56 valence electrons. The van der Waals surface area contributed by atoms with Gasteiger partial charge in [-0.3, -0.25) is 4.21 Å². The van der Waals surface area contributed by atoms with E-state index in [1.54, 1.807) is 12.5 Å². The van der Waals surface area contributed by atoms with E-state index in [0.717, 1.165) is 10.2 Å². The predicted octanol–water partition coefficient (Wildman–Crippen LogP) is 1.78. The lowest BCUT2D eigenvalue weighted by Crippen LogP contribution is -1.82. The lowest BCUT2D eigenvalue weighted by Gasteiger charge is -1.82. The zero-order chi connectivity index (χ0) is 7.56. The number of nitrogens with zero attached hydrogens (tertiary/aromatic N) is 1. The molecule has 1 aromatic heterocycles. The highest BCUT2D eigenvalue weighted by molar-refractivity contribution is 9.08. The lowest BCUT2D eigenvalue weighted by molar-refractivity contribution is 0.686. The van der Waals surface area contributed by atoms with Crippen LogP contribution in [0.25, 0.3) is 0 Å². The number of thiazole rings is 1. The maximum absolute atomic E-state index is 10.8. The van der Waals surface area contributed by atoms with Crippen molar-refractivity contribution in [2.45, 2.75) is 9.67 Å². The first-order valence-corrected chi connectivity index (χ1v) is 6.07. The molecule has 0 saturated heterocycles. The quantitative estimate of drug-likeness (QED) is 0.737. The third-order valence-corrected chi connectivity index (χ3v) is 4.23. The van der Waals surface area contributed by atoms with Crippen LogP contribution in [0.3, 0.4) is 0 Å². The van der Waals surface area contributed by atoms with Gasteiger partial charge >= 0.3 is 0 Å². The number of rotatable bonds is 2. The number of alkyl halides is 1. The molecule has 5 heteroatoms. The van der Waals surface area contributed by atoms with E-state index < -0.39 is 10.8 Å². The Bertz CT molecular complexity index is 248. The van der Waals surface area contributed by atoms with Crippen LogP contribution in [0.4, 0.5) is 0 Å². The molecule has 1 aromatic rings. The normalized spacial score (nSPS) is 13.4. The SMILES string of the molecule is CS(=O)c1ncc(CBr)s1. The Morgan fingerprint density at radius 2 is 2.60 bits per heavy atom. The summed E-state index contributed by atoms with van der Waals surface area (Å²) in [4.78, 5) is 5.09. The molecule has 0 bridgehead atoms. The van der Waals surface area contributed by atoms with Crippen LogP contribution >= 0.6 is 27.3 Å². The minimum atomic E-state index is -0.923. The third-order valence-electron chi connectivity index (χ3n) is 0.910. The average molecular weight is 240 g/mol. The molecule has 1 rings (SSSR count). The van der Waals surface area contributed by atoms with Gasteiger partial charge < -0.3 is 0 Å². The number of hydrogen-bond acceptors (Lipinski definition) is 3. The van der Waals surface area contributed by atoms with Gasteiger partial charge in [-0.2, -0.15) is 0 Å². The lowest BCUT2D eigenvalue weighted by atomic mass is 10.7. The van der Waals surface area contributed by atoms with Gasteiger partial charge in [0, 0.05) is 22.7 Å². The van der Waals surface area contributed by atoms with E-state index >= 15 is 0 Å². The molecule has 0 fully saturated rings. The zero-order valence-corrected chi connectivity index (χ0v) is 8.55. The van der Waals surface area contributed by atoms with E-state index in [-0.39, 0.29) is 0 Å². The molecule has 10 heavy (non-hydrogen) atoms. The summed E-state index contributed by atoms with van der Waals surface area (Å²) < 4.78 is 11.5. The molecule has 1 heterocycles. The van der Waals surface area contributed by atoms with Crippen molar-refractivity contribution in [1.29, 1.82) is 0 Å². The Hall–Kier alpha value is 0.260. The second-order valence-corrected chi connectivity index (χ2v) is 4.91. The van der Waals surface area contributed by atoms with Gasteiger partial charge in [0.25, 0.3) is 0 Å². The second-order valence-electron chi connectivity index (χ2n) is 1.68. The topological polar surface area (TPSA) is 30.0 Å². The van der Waals surface area contributed by atoms with Crippen LogP contribution in [-0.4, -0.2) is 15.4 Å². The molecule has 0 radical (unpaired) electrons. The molecule has 2 nitrogen and oxygen atoms in total.